The molecular weight excluding hydrogens is 1040 g/mol. The van der Waals surface area contributed by atoms with Gasteiger partial charge in [-0.2, -0.15) is 10.2 Å². The molecule has 2 aromatic carbocycles. The number of allylic oxidation sites excluding steroid dienone is 1. The number of methoxy groups -OCH3 is 1. The summed E-state index contributed by atoms with van der Waals surface area (Å²) in [6.45, 7) is 23.4. The van der Waals surface area contributed by atoms with Crippen LogP contribution in [0.25, 0.3) is 16.6 Å². The van der Waals surface area contributed by atoms with Crippen molar-refractivity contribution in [2.75, 3.05) is 58.6 Å². The van der Waals surface area contributed by atoms with Crippen LogP contribution in [0.2, 0.25) is 5.02 Å². The number of aromatic nitrogens is 2. The standard InChI is InChI=1S/C40H59N5O5S.C20H21ClN4OS/c1-30(40(2,3)4)49-29-50-38(46)27-33-28-43-45-24-17-31(25-36(33)45)35-16-15-32(26-37(35)51-44-22-18-34(48-6)19-23-44)39(47)42-21-14-12-10-8-7-9-11-13-20-41-5;1-12-13(2)27-20-18(12)19(15-5-7-16(21)8-6-15)23-17(9-10-26)11-25(20)14(3)24-22-4/h15-17,24-26,28,34,41H,1,7-14,18-23,27,29H2,2-6H3,(H,42,47);5-8,10,17H,4,9,11H2,1-3H3/b;24-14-/t;17-/m.0/s1. The number of nitrogens with zero attached hydrogens (tertiary/aromatic N) is 7. The Labute approximate surface area is 475 Å². The Morgan fingerprint density at radius 1 is 0.949 bits per heavy atom. The fraction of sp³-hybridized carbons (Fsp3) is 0.483. The predicted molar refractivity (Wildman–Crippen MR) is 321 cm³/mol. The van der Waals surface area contributed by atoms with Crippen molar-refractivity contribution in [2.24, 2.45) is 20.6 Å². The second-order valence-corrected chi connectivity index (χ2v) is 23.6. The lowest BCUT2D eigenvalue weighted by Crippen LogP contribution is -2.34. The number of hydrogen-bond donors (Lipinski definition) is 2. The number of amidine groups is 1. The molecule has 7 rings (SSSR count). The quantitative estimate of drug-likeness (QED) is 0.00658. The average Bonchev–Trinajstić information content (AvgIpc) is 3.92. The maximum Gasteiger partial charge on any atom is 0.313 e. The van der Waals surface area contributed by atoms with Crippen molar-refractivity contribution in [3.8, 4) is 11.1 Å². The van der Waals surface area contributed by atoms with Crippen LogP contribution in [-0.2, 0) is 30.2 Å². The summed E-state index contributed by atoms with van der Waals surface area (Å²) < 4.78 is 20.6. The highest BCUT2D eigenvalue weighted by Crippen LogP contribution is 2.40. The summed E-state index contributed by atoms with van der Waals surface area (Å²) in [7, 11) is 3.78. The molecule has 78 heavy (non-hydrogen) atoms. The van der Waals surface area contributed by atoms with Crippen molar-refractivity contribution in [1.82, 2.24) is 24.6 Å². The predicted octanol–water partition coefficient (Wildman–Crippen LogP) is 12.5. The number of hydrogen-bond acceptors (Lipinski definition) is 14. The van der Waals surface area contributed by atoms with E-state index < -0.39 is 5.97 Å². The zero-order chi connectivity index (χ0) is 56.2. The van der Waals surface area contributed by atoms with E-state index in [-0.39, 0.29) is 36.7 Å². The molecule has 1 fully saturated rings. The second kappa shape index (κ2) is 30.6. The van der Waals surface area contributed by atoms with Gasteiger partial charge in [-0.3, -0.25) is 14.6 Å². The molecule has 1 amide bonds. The van der Waals surface area contributed by atoms with Gasteiger partial charge in [-0.25, -0.2) is 8.82 Å². The van der Waals surface area contributed by atoms with Gasteiger partial charge in [-0.1, -0.05) is 95.7 Å². The number of aliphatic imine (C=N–C) groups is 1. The summed E-state index contributed by atoms with van der Waals surface area (Å²) in [6, 6.07) is 17.5. The summed E-state index contributed by atoms with van der Waals surface area (Å²) in [5.74, 6) is 0.840. The summed E-state index contributed by atoms with van der Waals surface area (Å²) in [5, 5.41) is 20.4. The fourth-order valence-corrected chi connectivity index (χ4v) is 11.6. The number of thiophene rings is 1. The zero-order valence-corrected chi connectivity index (χ0v) is 49.4. The molecule has 420 valence electrons. The van der Waals surface area contributed by atoms with Gasteiger partial charge in [0.05, 0.1) is 41.8 Å². The van der Waals surface area contributed by atoms with Gasteiger partial charge in [0.15, 0.2) is 0 Å². The van der Waals surface area contributed by atoms with Gasteiger partial charge in [0, 0.05) is 95.1 Å². The van der Waals surface area contributed by atoms with Crippen molar-refractivity contribution >= 4 is 81.8 Å². The number of rotatable bonds is 25. The Hall–Kier alpha value is -5.69. The molecule has 0 saturated carbocycles. The molecule has 0 unspecified atom stereocenters. The molecule has 0 aliphatic carbocycles. The lowest BCUT2D eigenvalue weighted by molar-refractivity contribution is -0.153. The van der Waals surface area contributed by atoms with Crippen LogP contribution in [0.3, 0.4) is 0 Å². The van der Waals surface area contributed by atoms with E-state index in [4.69, 9.17) is 30.8 Å². The number of carbonyl (C=O) groups excluding carboxylic acids is 3. The molecule has 1 saturated heterocycles. The van der Waals surface area contributed by atoms with Gasteiger partial charge >= 0.3 is 5.97 Å². The third-order valence-electron chi connectivity index (χ3n) is 14.0. The number of fused-ring (bicyclic) bond motifs is 2. The van der Waals surface area contributed by atoms with Crippen LogP contribution in [-0.4, -0.2) is 116 Å². The number of halogens is 1. The first-order valence-corrected chi connectivity index (χ1v) is 29.1. The smallest absolute Gasteiger partial charge is 0.313 e. The van der Waals surface area contributed by atoms with Gasteiger partial charge in [0.25, 0.3) is 5.91 Å². The normalized spacial score (nSPS) is 15.2. The molecule has 0 bridgehead atoms. The van der Waals surface area contributed by atoms with Gasteiger partial charge in [0.1, 0.15) is 17.1 Å². The van der Waals surface area contributed by atoms with Crippen LogP contribution >= 0.6 is 34.9 Å². The Morgan fingerprint density at radius 2 is 1.64 bits per heavy atom. The molecule has 0 spiro atoms. The monoisotopic (exact) mass is 1120 g/mol. The number of ether oxygens (including phenoxy) is 3. The molecule has 2 aliphatic rings. The minimum absolute atomic E-state index is 0.0480. The second-order valence-electron chi connectivity index (χ2n) is 20.8. The van der Waals surface area contributed by atoms with Crippen LogP contribution in [0.15, 0.2) is 99.4 Å². The maximum atomic E-state index is 13.3. The van der Waals surface area contributed by atoms with Gasteiger partial charge in [0.2, 0.25) is 6.79 Å². The van der Waals surface area contributed by atoms with E-state index in [1.54, 1.807) is 41.1 Å². The highest BCUT2D eigenvalue weighted by Gasteiger charge is 2.31. The largest absolute Gasteiger partial charge is 0.462 e. The van der Waals surface area contributed by atoms with E-state index in [2.05, 4.69) is 62.3 Å². The Bertz CT molecular complexity index is 2870. The molecular formula is C60H80ClN9O6S2. The number of carbonyl (C=O) groups is 3. The number of aryl methyl sites for hydroxylation is 1. The van der Waals surface area contributed by atoms with E-state index in [0.717, 1.165) is 106 Å². The van der Waals surface area contributed by atoms with Crippen molar-refractivity contribution in [3.05, 3.63) is 117 Å². The van der Waals surface area contributed by atoms with E-state index in [1.807, 2.05) is 95.5 Å². The van der Waals surface area contributed by atoms with Crippen LogP contribution < -0.4 is 15.5 Å². The van der Waals surface area contributed by atoms with Gasteiger partial charge < -0.3 is 34.5 Å². The SMILES string of the molecule is C=C(OCOC(=O)Cc1cnn2ccc(-c3ccc(C(=O)NCCCCCCCCCCNC)cc3SN3CCC(OC)CC3)cc12)C(C)(C)C.C=N/N=C(/C)N1C[C@H](CC=O)N=C(c2ccc(Cl)cc2)c2c1sc(C)c2C. The van der Waals surface area contributed by atoms with E-state index in [0.29, 0.717) is 35.9 Å². The zero-order valence-electron chi connectivity index (χ0n) is 47.0. The number of benzene rings is 2. The third kappa shape index (κ3) is 17.7. The average molecular weight is 1120 g/mol. The topological polar surface area (TPSA) is 164 Å². The molecule has 5 heterocycles. The van der Waals surface area contributed by atoms with Crippen molar-refractivity contribution in [1.29, 1.82) is 0 Å². The summed E-state index contributed by atoms with van der Waals surface area (Å²) in [4.78, 5) is 46.6. The van der Waals surface area contributed by atoms with Crippen molar-refractivity contribution < 1.29 is 28.6 Å². The van der Waals surface area contributed by atoms with Crippen LogP contribution in [0.1, 0.15) is 136 Å². The molecule has 0 radical (unpaired) electrons. The van der Waals surface area contributed by atoms with Gasteiger partial charge in [-0.05, 0) is 125 Å². The highest BCUT2D eigenvalue weighted by molar-refractivity contribution is 7.97. The molecule has 3 aromatic heterocycles. The molecule has 15 nitrogen and oxygen atoms in total. The minimum atomic E-state index is -0.404. The number of unbranched alkanes of at least 4 members (excludes halogenated alkanes) is 7. The summed E-state index contributed by atoms with van der Waals surface area (Å²) in [5.41, 5.74) is 8.10. The maximum absolute atomic E-state index is 13.3. The number of esters is 1. The first-order valence-electron chi connectivity index (χ1n) is 27.2. The summed E-state index contributed by atoms with van der Waals surface area (Å²) in [6.07, 6.45) is 16.9. The third-order valence-corrected chi connectivity index (χ3v) is 16.7. The Kier molecular flexibility index (Phi) is 24.1. The molecule has 5 aromatic rings. The van der Waals surface area contributed by atoms with E-state index >= 15 is 0 Å². The Balaban J connectivity index is 0.000000305. The highest BCUT2D eigenvalue weighted by atomic mass is 35.5. The lowest BCUT2D eigenvalue weighted by Gasteiger charge is -2.30. The number of piperidine rings is 1. The first-order chi connectivity index (χ1) is 37.5. The number of nitrogens with one attached hydrogen (secondary N) is 2. The van der Waals surface area contributed by atoms with Crippen molar-refractivity contribution in [3.63, 3.8) is 0 Å². The van der Waals surface area contributed by atoms with E-state index in [1.165, 1.54) is 49.0 Å². The molecule has 2 N–H and O–H groups in total. The number of anilines is 1. The van der Waals surface area contributed by atoms with Crippen LogP contribution in [0, 0.1) is 19.3 Å². The Morgan fingerprint density at radius 3 is 2.29 bits per heavy atom. The fourth-order valence-electron chi connectivity index (χ4n) is 9.15. The molecule has 1 atom stereocenters. The molecule has 2 aliphatic heterocycles. The van der Waals surface area contributed by atoms with Crippen molar-refractivity contribution in [2.45, 2.75) is 136 Å². The molecule has 18 heteroatoms. The number of amides is 1. The van der Waals surface area contributed by atoms with Crippen LogP contribution in [0.5, 0.6) is 0 Å². The number of aldehydes is 1. The van der Waals surface area contributed by atoms with Crippen LogP contribution in [0.4, 0.5) is 5.00 Å². The number of pyridine rings is 1. The lowest BCUT2D eigenvalue weighted by atomic mass is 9.95. The summed E-state index contributed by atoms with van der Waals surface area (Å²) >= 11 is 9.46. The van der Waals surface area contributed by atoms with E-state index in [9.17, 15) is 14.4 Å². The first kappa shape index (κ1) is 61.5. The van der Waals surface area contributed by atoms with Gasteiger partial charge in [-0.15, -0.1) is 16.4 Å². The minimum Gasteiger partial charge on any atom is -0.462 e.